The summed E-state index contributed by atoms with van der Waals surface area (Å²) in [5, 5.41) is 0. The molecule has 1 aliphatic rings. The maximum atomic E-state index is 3.40. The number of rotatable bonds is 2. The fourth-order valence-corrected chi connectivity index (χ4v) is 2.37. The highest BCUT2D eigenvalue weighted by Gasteiger charge is 2.16. The van der Waals surface area contributed by atoms with E-state index in [0.717, 1.165) is 6.54 Å². The van der Waals surface area contributed by atoms with E-state index in [0.29, 0.717) is 11.8 Å². The first kappa shape index (κ1) is 10.9. The molecule has 1 aliphatic heterocycles. The van der Waals surface area contributed by atoms with Gasteiger partial charge in [0.15, 0.2) is 0 Å². The molecular weight excluding hydrogens is 180 g/mol. The van der Waals surface area contributed by atoms with Gasteiger partial charge in [-0.2, -0.15) is 0 Å². The fraction of sp³-hybridized carbons (Fsp3) is 0.800. The second kappa shape index (κ2) is 4.91. The Morgan fingerprint density at radius 3 is 2.38 bits per heavy atom. The molecule has 0 bridgehead atoms. The molecule has 0 fully saturated rings. The zero-order chi connectivity index (χ0) is 9.84. The summed E-state index contributed by atoms with van der Waals surface area (Å²) in [6.07, 6.45) is 1.17. The first-order valence-electron chi connectivity index (χ1n) is 5.00. The third-order valence-corrected chi connectivity index (χ3v) is 3.02. The fourth-order valence-electron chi connectivity index (χ4n) is 1.62. The van der Waals surface area contributed by atoms with E-state index in [1.165, 1.54) is 12.1 Å². The molecule has 1 heterocycles. The van der Waals surface area contributed by atoms with Crippen molar-refractivity contribution in [1.29, 1.82) is 0 Å². The van der Waals surface area contributed by atoms with E-state index in [2.05, 4.69) is 37.1 Å². The lowest BCUT2D eigenvalue weighted by Crippen LogP contribution is -2.15. The molecule has 0 aromatic rings. The molecule has 2 nitrogen and oxygen atoms in total. The second-order valence-electron chi connectivity index (χ2n) is 4.10. The summed E-state index contributed by atoms with van der Waals surface area (Å²) in [6, 6.07) is 0. The van der Waals surface area contributed by atoms with Crippen LogP contribution in [0.4, 0.5) is 0 Å². The van der Waals surface area contributed by atoms with Gasteiger partial charge >= 0.3 is 0 Å². The van der Waals surface area contributed by atoms with Gasteiger partial charge < -0.3 is 4.72 Å². The highest BCUT2D eigenvalue weighted by molar-refractivity contribution is 7.95. The summed E-state index contributed by atoms with van der Waals surface area (Å²) in [4.78, 5) is 0. The minimum atomic E-state index is 0.602. The first-order valence-corrected chi connectivity index (χ1v) is 5.82. The summed E-state index contributed by atoms with van der Waals surface area (Å²) >= 11 is 1.62. The third-order valence-electron chi connectivity index (χ3n) is 2.35. The Labute approximate surface area is 85.8 Å². The molecule has 13 heavy (non-hydrogen) atoms. The van der Waals surface area contributed by atoms with Gasteiger partial charge in [0, 0.05) is 24.4 Å². The molecule has 0 aromatic heterocycles. The van der Waals surface area contributed by atoms with Crippen molar-refractivity contribution >= 4 is 12.1 Å². The maximum absolute atomic E-state index is 3.40. The smallest absolute Gasteiger partial charge is 0.0338 e. The van der Waals surface area contributed by atoms with Crippen molar-refractivity contribution in [3.63, 3.8) is 0 Å². The minimum absolute atomic E-state index is 0.602. The van der Waals surface area contributed by atoms with Crippen LogP contribution in [0.1, 0.15) is 34.1 Å². The van der Waals surface area contributed by atoms with E-state index in [1.54, 1.807) is 17.7 Å². The van der Waals surface area contributed by atoms with Crippen LogP contribution in [0.25, 0.3) is 0 Å². The van der Waals surface area contributed by atoms with Gasteiger partial charge in [-0.1, -0.05) is 27.7 Å². The van der Waals surface area contributed by atoms with Gasteiger partial charge in [-0.15, -0.1) is 0 Å². The SMILES string of the molecule is CC(C)C1=C(C(C)C)NSNCC1. The lowest BCUT2D eigenvalue weighted by atomic mass is 9.93. The summed E-state index contributed by atoms with van der Waals surface area (Å²) in [7, 11) is 0. The van der Waals surface area contributed by atoms with Crippen LogP contribution in [0.3, 0.4) is 0 Å². The molecule has 1 rings (SSSR count). The van der Waals surface area contributed by atoms with E-state index >= 15 is 0 Å². The Kier molecular flexibility index (Phi) is 4.13. The molecule has 0 saturated carbocycles. The Bertz CT molecular complexity index is 177. The predicted molar refractivity (Wildman–Crippen MR) is 60.0 cm³/mol. The monoisotopic (exact) mass is 200 g/mol. The summed E-state index contributed by atoms with van der Waals surface area (Å²) in [5.41, 5.74) is 3.00. The van der Waals surface area contributed by atoms with Gasteiger partial charge in [0.25, 0.3) is 0 Å². The van der Waals surface area contributed by atoms with Crippen LogP contribution in [-0.4, -0.2) is 6.54 Å². The van der Waals surface area contributed by atoms with Crippen molar-refractivity contribution in [2.45, 2.75) is 34.1 Å². The van der Waals surface area contributed by atoms with Crippen molar-refractivity contribution in [1.82, 2.24) is 9.44 Å². The van der Waals surface area contributed by atoms with Gasteiger partial charge in [-0.3, -0.25) is 0 Å². The lowest BCUT2D eigenvalue weighted by molar-refractivity contribution is 0.644. The summed E-state index contributed by atoms with van der Waals surface area (Å²) in [5.74, 6) is 1.26. The Morgan fingerprint density at radius 1 is 1.15 bits per heavy atom. The molecule has 2 N–H and O–H groups in total. The normalized spacial score (nSPS) is 19.2. The number of hydrogen-bond donors (Lipinski definition) is 2. The van der Waals surface area contributed by atoms with E-state index in [-0.39, 0.29) is 0 Å². The van der Waals surface area contributed by atoms with Gasteiger partial charge in [-0.25, -0.2) is 4.72 Å². The Hall–Kier alpha value is -0.150. The van der Waals surface area contributed by atoms with E-state index < -0.39 is 0 Å². The van der Waals surface area contributed by atoms with Crippen LogP contribution in [0.15, 0.2) is 11.3 Å². The molecule has 0 aliphatic carbocycles. The van der Waals surface area contributed by atoms with Gasteiger partial charge in [0.2, 0.25) is 0 Å². The van der Waals surface area contributed by atoms with Crippen molar-refractivity contribution in [2.75, 3.05) is 6.54 Å². The lowest BCUT2D eigenvalue weighted by Gasteiger charge is -2.18. The van der Waals surface area contributed by atoms with E-state index in [9.17, 15) is 0 Å². The molecule has 0 atom stereocenters. The van der Waals surface area contributed by atoms with Crippen molar-refractivity contribution in [3.8, 4) is 0 Å². The van der Waals surface area contributed by atoms with E-state index in [1.807, 2.05) is 0 Å². The molecule has 0 aromatic carbocycles. The van der Waals surface area contributed by atoms with Crippen LogP contribution >= 0.6 is 12.1 Å². The zero-order valence-electron chi connectivity index (χ0n) is 8.98. The Balaban J connectivity index is 2.85. The molecule has 0 radical (unpaired) electrons. The third kappa shape index (κ3) is 2.92. The van der Waals surface area contributed by atoms with Crippen molar-refractivity contribution < 1.29 is 0 Å². The van der Waals surface area contributed by atoms with Crippen LogP contribution < -0.4 is 9.44 Å². The molecular formula is C10H20N2S. The van der Waals surface area contributed by atoms with Crippen LogP contribution in [0.2, 0.25) is 0 Å². The molecule has 0 amide bonds. The topological polar surface area (TPSA) is 24.1 Å². The summed E-state index contributed by atoms with van der Waals surface area (Å²) in [6.45, 7) is 10.1. The van der Waals surface area contributed by atoms with Crippen LogP contribution in [-0.2, 0) is 0 Å². The number of hydrogen-bond acceptors (Lipinski definition) is 3. The maximum Gasteiger partial charge on any atom is 0.0338 e. The van der Waals surface area contributed by atoms with Gasteiger partial charge in [0.1, 0.15) is 0 Å². The highest BCUT2D eigenvalue weighted by atomic mass is 32.2. The zero-order valence-corrected chi connectivity index (χ0v) is 9.79. The van der Waals surface area contributed by atoms with Crippen molar-refractivity contribution in [2.24, 2.45) is 11.8 Å². The molecule has 0 saturated heterocycles. The van der Waals surface area contributed by atoms with Crippen LogP contribution in [0.5, 0.6) is 0 Å². The number of allylic oxidation sites excluding steroid dienone is 1. The number of nitrogens with one attached hydrogen (secondary N) is 2. The van der Waals surface area contributed by atoms with E-state index in [4.69, 9.17) is 0 Å². The molecule has 3 heteroatoms. The average molecular weight is 200 g/mol. The largest absolute Gasteiger partial charge is 0.320 e. The highest BCUT2D eigenvalue weighted by Crippen LogP contribution is 2.25. The molecule has 76 valence electrons. The van der Waals surface area contributed by atoms with Gasteiger partial charge in [-0.05, 0) is 23.8 Å². The minimum Gasteiger partial charge on any atom is -0.320 e. The second-order valence-corrected chi connectivity index (χ2v) is 4.79. The predicted octanol–water partition coefficient (Wildman–Crippen LogP) is 2.70. The van der Waals surface area contributed by atoms with Crippen molar-refractivity contribution in [3.05, 3.63) is 11.3 Å². The van der Waals surface area contributed by atoms with Gasteiger partial charge in [0.05, 0.1) is 0 Å². The summed E-state index contributed by atoms with van der Waals surface area (Å²) < 4.78 is 6.68. The Morgan fingerprint density at radius 2 is 1.85 bits per heavy atom. The molecule has 0 unspecified atom stereocenters. The molecule has 0 spiro atoms. The standard InChI is InChI=1S/C10H20N2S/c1-7(2)9-5-6-11-13-12-10(9)8(3)4/h7-8,11-12H,5-6H2,1-4H3. The quantitative estimate of drug-likeness (QED) is 0.670. The van der Waals surface area contributed by atoms with Crippen LogP contribution in [0, 0.1) is 11.8 Å². The average Bonchev–Trinajstić information content (AvgIpc) is 2.27. The first-order chi connectivity index (χ1) is 6.13.